The highest BCUT2D eigenvalue weighted by Gasteiger charge is 2.09. The van der Waals surface area contributed by atoms with Crippen LogP contribution < -0.4 is 0 Å². The maximum Gasteiger partial charge on any atom is 0.104 e. The van der Waals surface area contributed by atoms with Crippen LogP contribution in [0.5, 0.6) is 0 Å². The summed E-state index contributed by atoms with van der Waals surface area (Å²) in [5.74, 6) is 1.07. The molecule has 0 amide bonds. The van der Waals surface area contributed by atoms with Gasteiger partial charge in [-0.3, -0.25) is 0 Å². The summed E-state index contributed by atoms with van der Waals surface area (Å²) in [6.45, 7) is 2.14. The third kappa shape index (κ3) is 3.11. The van der Waals surface area contributed by atoms with E-state index in [4.69, 9.17) is 0 Å². The number of benzene rings is 2. The Hall–Kier alpha value is -1.25. The average molecular weight is 244 g/mol. The zero-order valence-electron chi connectivity index (χ0n) is 9.84. The molecule has 17 heavy (non-hydrogen) atoms. The molecular formula is C15H16OS. The number of hydrogen-bond donors (Lipinski definition) is 1. The first-order chi connectivity index (χ1) is 8.31. The Balaban J connectivity index is 2.17. The third-order valence-electron chi connectivity index (χ3n) is 2.62. The van der Waals surface area contributed by atoms with Crippen molar-refractivity contribution in [2.75, 3.05) is 5.75 Å². The largest absolute Gasteiger partial charge is 0.384 e. The predicted octanol–water partition coefficient (Wildman–Crippen LogP) is 3.88. The molecule has 88 valence electrons. The smallest absolute Gasteiger partial charge is 0.104 e. The minimum Gasteiger partial charge on any atom is -0.384 e. The van der Waals surface area contributed by atoms with Gasteiger partial charge in [0.05, 0.1) is 0 Å². The minimum atomic E-state index is -0.531. The van der Waals surface area contributed by atoms with Crippen molar-refractivity contribution in [2.45, 2.75) is 17.9 Å². The Morgan fingerprint density at radius 3 is 2.12 bits per heavy atom. The molecule has 1 nitrogen and oxygen atoms in total. The zero-order chi connectivity index (χ0) is 12.1. The molecule has 0 saturated heterocycles. The Kier molecular flexibility index (Phi) is 4.24. The van der Waals surface area contributed by atoms with Crippen LogP contribution in [-0.2, 0) is 0 Å². The van der Waals surface area contributed by atoms with Crippen LogP contribution >= 0.6 is 11.8 Å². The van der Waals surface area contributed by atoms with Gasteiger partial charge in [0.25, 0.3) is 0 Å². The van der Waals surface area contributed by atoms with Gasteiger partial charge in [0.1, 0.15) is 6.10 Å². The second-order valence-electron chi connectivity index (χ2n) is 3.82. The van der Waals surface area contributed by atoms with Gasteiger partial charge in [-0.2, -0.15) is 0 Å². The summed E-state index contributed by atoms with van der Waals surface area (Å²) in [7, 11) is 0. The monoisotopic (exact) mass is 244 g/mol. The molecule has 0 saturated carbocycles. The Labute approximate surface area is 107 Å². The molecule has 0 aliphatic heterocycles. The molecule has 0 aromatic heterocycles. The van der Waals surface area contributed by atoms with Gasteiger partial charge in [0, 0.05) is 4.90 Å². The van der Waals surface area contributed by atoms with Crippen LogP contribution in [0, 0.1) is 0 Å². The van der Waals surface area contributed by atoms with Crippen molar-refractivity contribution in [3.8, 4) is 0 Å². The topological polar surface area (TPSA) is 20.2 Å². The van der Waals surface area contributed by atoms with E-state index in [9.17, 15) is 5.11 Å². The van der Waals surface area contributed by atoms with E-state index in [0.717, 1.165) is 16.9 Å². The summed E-state index contributed by atoms with van der Waals surface area (Å²) < 4.78 is 0. The zero-order valence-corrected chi connectivity index (χ0v) is 10.7. The lowest BCUT2D eigenvalue weighted by Gasteiger charge is -2.11. The van der Waals surface area contributed by atoms with Gasteiger partial charge >= 0.3 is 0 Å². The molecule has 0 aliphatic rings. The van der Waals surface area contributed by atoms with Gasteiger partial charge in [-0.25, -0.2) is 0 Å². The standard InChI is InChI=1S/C15H16OS/c1-2-17-14-10-8-13(9-11-14)15(16)12-6-4-3-5-7-12/h3-11,15-16H,2H2,1H3/t15-/m1/s1. The van der Waals surface area contributed by atoms with Crippen molar-refractivity contribution in [3.05, 3.63) is 65.7 Å². The molecule has 1 atom stereocenters. The highest BCUT2D eigenvalue weighted by atomic mass is 32.2. The van der Waals surface area contributed by atoms with E-state index in [2.05, 4.69) is 19.1 Å². The molecule has 0 fully saturated rings. The summed E-state index contributed by atoms with van der Waals surface area (Å²) in [6, 6.07) is 17.9. The maximum atomic E-state index is 10.2. The van der Waals surface area contributed by atoms with Crippen LogP contribution in [0.4, 0.5) is 0 Å². The summed E-state index contributed by atoms with van der Waals surface area (Å²) in [5.41, 5.74) is 1.88. The summed E-state index contributed by atoms with van der Waals surface area (Å²) >= 11 is 1.81. The highest BCUT2D eigenvalue weighted by Crippen LogP contribution is 2.24. The van der Waals surface area contributed by atoms with Crippen LogP contribution in [0.2, 0.25) is 0 Å². The van der Waals surface area contributed by atoms with E-state index < -0.39 is 6.10 Å². The number of thioether (sulfide) groups is 1. The predicted molar refractivity (Wildman–Crippen MR) is 73.3 cm³/mol. The van der Waals surface area contributed by atoms with Crippen LogP contribution in [-0.4, -0.2) is 10.9 Å². The lowest BCUT2D eigenvalue weighted by Crippen LogP contribution is -1.98. The van der Waals surface area contributed by atoms with Crippen LogP contribution in [0.25, 0.3) is 0 Å². The van der Waals surface area contributed by atoms with Crippen molar-refractivity contribution < 1.29 is 5.11 Å². The van der Waals surface area contributed by atoms with Crippen molar-refractivity contribution in [1.82, 2.24) is 0 Å². The van der Waals surface area contributed by atoms with E-state index in [-0.39, 0.29) is 0 Å². The number of rotatable bonds is 4. The fourth-order valence-electron chi connectivity index (χ4n) is 1.74. The molecule has 0 radical (unpaired) electrons. The number of aliphatic hydroxyl groups excluding tert-OH is 1. The van der Waals surface area contributed by atoms with E-state index in [0.29, 0.717) is 0 Å². The normalized spacial score (nSPS) is 12.4. The van der Waals surface area contributed by atoms with E-state index in [1.54, 1.807) is 0 Å². The van der Waals surface area contributed by atoms with Crippen molar-refractivity contribution >= 4 is 11.8 Å². The summed E-state index contributed by atoms with van der Waals surface area (Å²) in [5, 5.41) is 10.2. The maximum absolute atomic E-state index is 10.2. The van der Waals surface area contributed by atoms with Crippen molar-refractivity contribution in [1.29, 1.82) is 0 Å². The second kappa shape index (κ2) is 5.89. The van der Waals surface area contributed by atoms with Crippen molar-refractivity contribution in [2.24, 2.45) is 0 Å². The quantitative estimate of drug-likeness (QED) is 0.824. The van der Waals surface area contributed by atoms with Gasteiger partial charge in [-0.15, -0.1) is 11.8 Å². The fourth-order valence-corrected chi connectivity index (χ4v) is 2.40. The molecule has 2 heteroatoms. The molecule has 2 rings (SSSR count). The highest BCUT2D eigenvalue weighted by molar-refractivity contribution is 7.99. The van der Waals surface area contributed by atoms with E-state index in [1.807, 2.05) is 54.2 Å². The minimum absolute atomic E-state index is 0.531. The van der Waals surface area contributed by atoms with Gasteiger partial charge in [0.15, 0.2) is 0 Å². The van der Waals surface area contributed by atoms with Crippen LogP contribution in [0.15, 0.2) is 59.5 Å². The average Bonchev–Trinajstić information content (AvgIpc) is 2.40. The van der Waals surface area contributed by atoms with Crippen LogP contribution in [0.1, 0.15) is 24.2 Å². The second-order valence-corrected chi connectivity index (χ2v) is 5.15. The molecule has 0 heterocycles. The van der Waals surface area contributed by atoms with Gasteiger partial charge < -0.3 is 5.11 Å². The molecule has 1 N–H and O–H groups in total. The molecule has 0 unspecified atom stereocenters. The number of aliphatic hydroxyl groups is 1. The molecule has 2 aromatic carbocycles. The Morgan fingerprint density at radius 2 is 1.53 bits per heavy atom. The van der Waals surface area contributed by atoms with Gasteiger partial charge in [0.2, 0.25) is 0 Å². The SMILES string of the molecule is CCSc1ccc([C@H](O)c2ccccc2)cc1. The van der Waals surface area contributed by atoms with E-state index >= 15 is 0 Å². The first-order valence-electron chi connectivity index (χ1n) is 5.77. The van der Waals surface area contributed by atoms with E-state index in [1.165, 1.54) is 4.90 Å². The molecule has 0 aliphatic carbocycles. The lowest BCUT2D eigenvalue weighted by atomic mass is 10.0. The van der Waals surface area contributed by atoms with Crippen LogP contribution in [0.3, 0.4) is 0 Å². The Bertz CT molecular complexity index is 450. The first-order valence-corrected chi connectivity index (χ1v) is 6.75. The first kappa shape index (κ1) is 12.2. The fraction of sp³-hybridized carbons (Fsp3) is 0.200. The number of hydrogen-bond acceptors (Lipinski definition) is 2. The van der Waals surface area contributed by atoms with Gasteiger partial charge in [-0.1, -0.05) is 49.4 Å². The molecule has 0 spiro atoms. The Morgan fingerprint density at radius 1 is 0.941 bits per heavy atom. The molecular weight excluding hydrogens is 228 g/mol. The van der Waals surface area contributed by atoms with Gasteiger partial charge in [-0.05, 0) is 29.0 Å². The molecule has 2 aromatic rings. The van der Waals surface area contributed by atoms with Crippen molar-refractivity contribution in [3.63, 3.8) is 0 Å². The lowest BCUT2D eigenvalue weighted by molar-refractivity contribution is 0.220. The summed E-state index contributed by atoms with van der Waals surface area (Å²) in [6.07, 6.45) is -0.531. The molecule has 0 bridgehead atoms. The summed E-state index contributed by atoms with van der Waals surface area (Å²) in [4.78, 5) is 1.25. The third-order valence-corrected chi connectivity index (χ3v) is 3.52.